The number of methoxy groups -OCH3 is 1. The first kappa shape index (κ1) is 44.2. The van der Waals surface area contributed by atoms with Crippen molar-refractivity contribution in [2.75, 3.05) is 28.4 Å². The number of hydrogen-bond acceptors (Lipinski definition) is 7. The monoisotopic (exact) mass is 702 g/mol. The zero-order valence-electron chi connectivity index (χ0n) is 32.8. The molecule has 0 spiro atoms. The Hall–Kier alpha value is -3.81. The van der Waals surface area contributed by atoms with Crippen molar-refractivity contribution in [3.05, 3.63) is 114 Å². The van der Waals surface area contributed by atoms with E-state index in [-0.39, 0.29) is 5.41 Å². The molecule has 0 aliphatic heterocycles. The maximum absolute atomic E-state index is 6.53. The largest absolute Gasteiger partial charge is 0.492 e. The van der Waals surface area contributed by atoms with E-state index in [0.717, 1.165) is 82.4 Å². The second-order valence-electron chi connectivity index (χ2n) is 13.5. The van der Waals surface area contributed by atoms with Gasteiger partial charge in [0.2, 0.25) is 0 Å². The Morgan fingerprint density at radius 3 is 2.14 bits per heavy atom. The van der Waals surface area contributed by atoms with E-state index < -0.39 is 0 Å². The first-order valence-corrected chi connectivity index (χ1v) is 19.2. The molecule has 276 valence electrons. The number of aryl methyl sites for hydroxylation is 1. The van der Waals surface area contributed by atoms with E-state index in [0.29, 0.717) is 5.70 Å². The van der Waals surface area contributed by atoms with Crippen molar-refractivity contribution in [2.45, 2.75) is 106 Å². The highest BCUT2D eigenvalue weighted by molar-refractivity contribution is 7.99. The lowest BCUT2D eigenvalue weighted by molar-refractivity contribution is 0.418. The Morgan fingerprint density at radius 1 is 1.04 bits per heavy atom. The number of rotatable bonds is 16. The fourth-order valence-electron chi connectivity index (χ4n) is 4.79. The van der Waals surface area contributed by atoms with Crippen molar-refractivity contribution in [1.29, 1.82) is 0 Å². The van der Waals surface area contributed by atoms with E-state index >= 15 is 0 Å². The maximum Gasteiger partial charge on any atom is 0.166 e. The summed E-state index contributed by atoms with van der Waals surface area (Å²) >= 11 is 1.54. The first-order valence-electron chi connectivity index (χ1n) is 18.0. The van der Waals surface area contributed by atoms with Gasteiger partial charge >= 0.3 is 0 Å². The highest BCUT2D eigenvalue weighted by Crippen LogP contribution is 2.41. The molecule has 1 aliphatic rings. The van der Waals surface area contributed by atoms with Gasteiger partial charge in [-0.05, 0) is 78.0 Å². The Labute approximate surface area is 310 Å². The van der Waals surface area contributed by atoms with Crippen molar-refractivity contribution >= 4 is 34.7 Å². The Balaban J connectivity index is 0.000000965. The van der Waals surface area contributed by atoms with Crippen LogP contribution in [-0.4, -0.2) is 13.4 Å². The Bertz CT molecular complexity index is 1480. The molecule has 3 rings (SSSR count). The molecular formula is C43H67N5OS. The summed E-state index contributed by atoms with van der Waals surface area (Å²) in [6, 6.07) is 10.6. The van der Waals surface area contributed by atoms with Gasteiger partial charge in [0.1, 0.15) is 0 Å². The van der Waals surface area contributed by atoms with E-state index in [2.05, 4.69) is 121 Å². The summed E-state index contributed by atoms with van der Waals surface area (Å²) in [5, 5.41) is 5.25. The lowest BCUT2D eigenvalue weighted by Crippen LogP contribution is -2.27. The summed E-state index contributed by atoms with van der Waals surface area (Å²) in [6.07, 6.45) is 19.8. The smallest absolute Gasteiger partial charge is 0.166 e. The summed E-state index contributed by atoms with van der Waals surface area (Å²) in [7, 11) is 1.70. The normalized spacial score (nSPS) is 13.2. The number of hydrogen-bond donors (Lipinski definition) is 4. The Kier molecular flexibility index (Phi) is 20.2. The molecular weight excluding hydrogens is 635 g/mol. The van der Waals surface area contributed by atoms with Crippen LogP contribution >= 0.6 is 11.9 Å². The SMILES string of the molecule is C=CC(=C)CC.C=CC(=C\CCC)/C(N)=C/N(N)c1cc(/C(=C/CC)Nc2cc(C(C)(C)C)cc(NSC)c2OC)ccc1C.CCC1CC1. The third-order valence-electron chi connectivity index (χ3n) is 8.35. The lowest BCUT2D eigenvalue weighted by Gasteiger charge is -2.25. The van der Waals surface area contributed by atoms with Gasteiger partial charge in [0.25, 0.3) is 0 Å². The molecule has 2 aromatic rings. The van der Waals surface area contributed by atoms with Crippen LogP contribution in [0.15, 0.2) is 97.4 Å². The van der Waals surface area contributed by atoms with Gasteiger partial charge in [0.05, 0.1) is 29.9 Å². The van der Waals surface area contributed by atoms with Gasteiger partial charge in [-0.15, -0.1) is 0 Å². The van der Waals surface area contributed by atoms with Crippen molar-refractivity contribution in [2.24, 2.45) is 17.5 Å². The predicted molar refractivity (Wildman–Crippen MR) is 227 cm³/mol. The van der Waals surface area contributed by atoms with E-state index in [4.69, 9.17) is 16.3 Å². The molecule has 1 saturated carbocycles. The van der Waals surface area contributed by atoms with Crippen LogP contribution in [0.1, 0.15) is 110 Å². The van der Waals surface area contributed by atoms with Crippen LogP contribution < -0.4 is 31.4 Å². The molecule has 0 atom stereocenters. The Morgan fingerprint density at radius 2 is 1.70 bits per heavy atom. The minimum Gasteiger partial charge on any atom is -0.492 e. The molecule has 6 N–H and O–H groups in total. The summed E-state index contributed by atoms with van der Waals surface area (Å²) in [5.41, 5.74) is 15.8. The number of nitrogens with one attached hydrogen (secondary N) is 2. The topological polar surface area (TPSA) is 88.6 Å². The molecule has 0 aromatic heterocycles. The van der Waals surface area contributed by atoms with E-state index in [1.807, 2.05) is 13.2 Å². The fraction of sp³-hybridized carbons (Fsp3) is 0.442. The number of anilines is 3. The molecule has 0 radical (unpaired) electrons. The van der Waals surface area contributed by atoms with Crippen LogP contribution in [0.2, 0.25) is 0 Å². The summed E-state index contributed by atoms with van der Waals surface area (Å²) < 4.78 is 9.25. The van der Waals surface area contributed by atoms with Crippen LogP contribution in [0, 0.1) is 12.8 Å². The molecule has 0 unspecified atom stereocenters. The number of nitrogens with zero attached hydrogens (tertiary/aromatic N) is 1. The van der Waals surface area contributed by atoms with Crippen LogP contribution in [0.25, 0.3) is 5.70 Å². The van der Waals surface area contributed by atoms with Crippen molar-refractivity contribution in [1.82, 2.24) is 0 Å². The molecule has 7 heteroatoms. The quantitative estimate of drug-likeness (QED) is 0.0599. The summed E-state index contributed by atoms with van der Waals surface area (Å²) in [4.78, 5) is 0. The highest BCUT2D eigenvalue weighted by atomic mass is 32.2. The van der Waals surface area contributed by atoms with Gasteiger partial charge in [0.15, 0.2) is 5.75 Å². The standard InChI is InChI=1S/C32H47N5OS.C6H10.C5H10/c1-10-13-15-23(12-3)26(33)21-37(34)30-18-24(17-16-22(30)4)27(14-11-2)35-28-19-25(32(5,6)7)20-29(36-39-9)31(28)38-8;1-4-6(3)5-2;1-2-5-3-4-5/h12,14-21,35-36H,3,10-11,13,33-34H2,1-2,4-9H3;4H,1,3,5H2,2H3;5H,2-4H2,1H3/b23-15+,26-21-,27-14-;;. The fourth-order valence-corrected chi connectivity index (χ4v) is 5.16. The third kappa shape index (κ3) is 15.0. The van der Waals surface area contributed by atoms with Gasteiger partial charge in [-0.1, -0.05) is 148 Å². The van der Waals surface area contributed by atoms with Gasteiger partial charge in [-0.25, -0.2) is 5.84 Å². The number of hydrazine groups is 1. The number of unbranched alkanes of at least 4 members (excludes halogenated alkanes) is 1. The molecule has 2 aromatic carbocycles. The van der Waals surface area contributed by atoms with E-state index in [9.17, 15) is 0 Å². The van der Waals surface area contributed by atoms with Crippen molar-refractivity contribution in [3.8, 4) is 5.75 Å². The van der Waals surface area contributed by atoms with Crippen molar-refractivity contribution in [3.63, 3.8) is 0 Å². The van der Waals surface area contributed by atoms with Crippen LogP contribution in [0.4, 0.5) is 17.1 Å². The summed E-state index contributed by atoms with van der Waals surface area (Å²) in [6.45, 7) is 28.3. The second kappa shape index (κ2) is 22.8. The molecule has 0 heterocycles. The lowest BCUT2D eigenvalue weighted by atomic mass is 9.86. The average Bonchev–Trinajstić information content (AvgIpc) is 3.93. The minimum atomic E-state index is -0.0363. The predicted octanol–water partition coefficient (Wildman–Crippen LogP) is 12.2. The summed E-state index contributed by atoms with van der Waals surface area (Å²) in [5.74, 6) is 8.42. The van der Waals surface area contributed by atoms with E-state index in [1.54, 1.807) is 30.5 Å². The first-order chi connectivity index (χ1) is 23.7. The van der Waals surface area contributed by atoms with Gasteiger partial charge in [-0.3, -0.25) is 5.01 Å². The van der Waals surface area contributed by atoms with Gasteiger partial charge < -0.3 is 20.5 Å². The number of nitrogens with two attached hydrogens (primary N) is 2. The molecule has 1 aliphatic carbocycles. The molecule has 0 saturated heterocycles. The van der Waals surface area contributed by atoms with Gasteiger partial charge in [-0.2, -0.15) is 0 Å². The van der Waals surface area contributed by atoms with Gasteiger partial charge in [0, 0.05) is 18.2 Å². The molecule has 0 amide bonds. The molecule has 0 bridgehead atoms. The van der Waals surface area contributed by atoms with Crippen LogP contribution in [0.5, 0.6) is 5.75 Å². The molecule has 6 nitrogen and oxygen atoms in total. The third-order valence-corrected chi connectivity index (χ3v) is 8.77. The number of allylic oxidation sites excluding steroid dienone is 5. The zero-order valence-corrected chi connectivity index (χ0v) is 33.7. The maximum atomic E-state index is 6.53. The molecule has 50 heavy (non-hydrogen) atoms. The van der Waals surface area contributed by atoms with E-state index in [1.165, 1.54) is 36.8 Å². The highest BCUT2D eigenvalue weighted by Gasteiger charge is 2.21. The minimum absolute atomic E-state index is 0.0363. The average molecular weight is 702 g/mol. The van der Waals surface area contributed by atoms with Crippen LogP contribution in [0.3, 0.4) is 0 Å². The zero-order chi connectivity index (χ0) is 37.9. The van der Waals surface area contributed by atoms with Crippen LogP contribution in [-0.2, 0) is 5.41 Å². The molecule has 1 fully saturated rings. The number of ether oxygens (including phenoxy) is 1. The van der Waals surface area contributed by atoms with Crippen molar-refractivity contribution < 1.29 is 4.74 Å². The second-order valence-corrected chi connectivity index (χ2v) is 14.1. The number of benzene rings is 2.